The molecular weight excluding hydrogens is 450 g/mol. The van der Waals surface area contributed by atoms with Crippen LogP contribution in [0.3, 0.4) is 0 Å². The number of benzene rings is 2. The minimum atomic E-state index is -4.19. The standard InChI is InChI=1S/C18H20BrN3O3S2/c1-13-12-14(19)2-7-17(13)21-8-10-22(11-9-21)18(26)20-15-3-5-16(6-4-15)27(23,24)25/h2-7,12H,8-11H2,1H3,(H,20,26)(H,23,24,25). The zero-order valence-electron chi connectivity index (χ0n) is 14.7. The van der Waals surface area contributed by atoms with E-state index >= 15 is 0 Å². The number of rotatable bonds is 3. The highest BCUT2D eigenvalue weighted by Crippen LogP contribution is 2.25. The Morgan fingerprint density at radius 3 is 2.30 bits per heavy atom. The molecule has 0 spiro atoms. The summed E-state index contributed by atoms with van der Waals surface area (Å²) in [6, 6.07) is 12.1. The van der Waals surface area contributed by atoms with Crippen molar-refractivity contribution in [3.63, 3.8) is 0 Å². The molecule has 2 aromatic rings. The molecule has 1 aliphatic heterocycles. The number of nitrogens with one attached hydrogen (secondary N) is 1. The van der Waals surface area contributed by atoms with E-state index in [9.17, 15) is 8.42 Å². The van der Waals surface area contributed by atoms with Crippen molar-refractivity contribution >= 4 is 54.8 Å². The summed E-state index contributed by atoms with van der Waals surface area (Å²) in [6.07, 6.45) is 0. The van der Waals surface area contributed by atoms with Crippen molar-refractivity contribution < 1.29 is 13.0 Å². The van der Waals surface area contributed by atoms with Gasteiger partial charge in [-0.1, -0.05) is 15.9 Å². The van der Waals surface area contributed by atoms with Crippen molar-refractivity contribution in [3.8, 4) is 0 Å². The number of hydrogen-bond acceptors (Lipinski definition) is 4. The van der Waals surface area contributed by atoms with Gasteiger partial charge in [-0.15, -0.1) is 0 Å². The van der Waals surface area contributed by atoms with Crippen LogP contribution in [0.25, 0.3) is 0 Å². The number of nitrogens with zero attached hydrogens (tertiary/aromatic N) is 2. The SMILES string of the molecule is Cc1cc(Br)ccc1N1CCN(C(=S)Nc2ccc(S(=O)(=O)O)cc2)CC1. The Morgan fingerprint density at radius 1 is 1.11 bits per heavy atom. The normalized spacial score (nSPS) is 14.9. The van der Waals surface area contributed by atoms with E-state index in [0.29, 0.717) is 10.8 Å². The molecule has 1 saturated heterocycles. The van der Waals surface area contributed by atoms with E-state index in [-0.39, 0.29) is 4.90 Å². The van der Waals surface area contributed by atoms with E-state index in [4.69, 9.17) is 16.8 Å². The third-order valence-corrected chi connectivity index (χ3v) is 6.19. The Bertz CT molecular complexity index is 941. The van der Waals surface area contributed by atoms with Crippen LogP contribution in [0.5, 0.6) is 0 Å². The molecule has 0 unspecified atom stereocenters. The Morgan fingerprint density at radius 2 is 1.74 bits per heavy atom. The molecule has 0 atom stereocenters. The third-order valence-electron chi connectivity index (χ3n) is 4.47. The van der Waals surface area contributed by atoms with E-state index in [0.717, 1.165) is 30.7 Å². The quantitative estimate of drug-likeness (QED) is 0.525. The second-order valence-corrected chi connectivity index (χ2v) is 9.06. The molecule has 1 fully saturated rings. The van der Waals surface area contributed by atoms with Gasteiger partial charge in [0.25, 0.3) is 10.1 Å². The van der Waals surface area contributed by atoms with Crippen molar-refractivity contribution in [2.45, 2.75) is 11.8 Å². The minimum absolute atomic E-state index is 0.141. The number of thiocarbonyl (C=S) groups is 1. The summed E-state index contributed by atoms with van der Waals surface area (Å²) in [5.74, 6) is 0. The topological polar surface area (TPSA) is 72.9 Å². The molecule has 6 nitrogen and oxygen atoms in total. The average molecular weight is 470 g/mol. The van der Waals surface area contributed by atoms with Crippen LogP contribution in [0.1, 0.15) is 5.56 Å². The van der Waals surface area contributed by atoms with Gasteiger partial charge in [0.05, 0.1) is 4.90 Å². The Labute approximate surface area is 173 Å². The van der Waals surface area contributed by atoms with Gasteiger partial charge in [0.2, 0.25) is 0 Å². The third kappa shape index (κ3) is 4.98. The maximum absolute atomic E-state index is 11.1. The molecular formula is C18H20BrN3O3S2. The average Bonchev–Trinajstić information content (AvgIpc) is 2.61. The van der Waals surface area contributed by atoms with Crippen molar-refractivity contribution in [1.29, 1.82) is 0 Å². The van der Waals surface area contributed by atoms with Gasteiger partial charge in [0.15, 0.2) is 5.11 Å². The summed E-state index contributed by atoms with van der Waals surface area (Å²) in [6.45, 7) is 5.43. The van der Waals surface area contributed by atoms with E-state index in [1.807, 2.05) is 0 Å². The summed E-state index contributed by atoms with van der Waals surface area (Å²) in [5, 5.41) is 3.72. The largest absolute Gasteiger partial charge is 0.368 e. The molecule has 0 aliphatic carbocycles. The van der Waals surface area contributed by atoms with Crippen molar-refractivity contribution in [3.05, 3.63) is 52.5 Å². The first-order valence-electron chi connectivity index (χ1n) is 8.38. The van der Waals surface area contributed by atoms with Crippen LogP contribution in [-0.2, 0) is 10.1 Å². The molecule has 27 heavy (non-hydrogen) atoms. The minimum Gasteiger partial charge on any atom is -0.368 e. The van der Waals surface area contributed by atoms with Crippen LogP contribution >= 0.6 is 28.1 Å². The molecule has 144 valence electrons. The lowest BCUT2D eigenvalue weighted by Gasteiger charge is -2.38. The molecule has 0 aromatic heterocycles. The van der Waals surface area contributed by atoms with Gasteiger partial charge in [0, 0.05) is 42.0 Å². The summed E-state index contributed by atoms with van der Waals surface area (Å²) in [5.41, 5.74) is 3.15. The lowest BCUT2D eigenvalue weighted by molar-refractivity contribution is 0.390. The number of anilines is 2. The van der Waals surface area contributed by atoms with Gasteiger partial charge in [-0.2, -0.15) is 8.42 Å². The Hall–Kier alpha value is -1.68. The molecule has 0 bridgehead atoms. The van der Waals surface area contributed by atoms with Gasteiger partial charge in [-0.25, -0.2) is 0 Å². The van der Waals surface area contributed by atoms with Crippen molar-refractivity contribution in [1.82, 2.24) is 4.90 Å². The predicted molar refractivity (Wildman–Crippen MR) is 115 cm³/mol. The second kappa shape index (κ2) is 8.14. The first-order valence-corrected chi connectivity index (χ1v) is 11.0. The first-order chi connectivity index (χ1) is 12.7. The first kappa shape index (κ1) is 20.1. The van der Waals surface area contributed by atoms with E-state index in [1.165, 1.54) is 23.4 Å². The fourth-order valence-corrected chi connectivity index (χ4v) is 4.29. The molecule has 1 heterocycles. The highest BCUT2D eigenvalue weighted by Gasteiger charge is 2.20. The Kier molecular flexibility index (Phi) is 6.05. The molecule has 9 heteroatoms. The highest BCUT2D eigenvalue weighted by molar-refractivity contribution is 9.10. The molecule has 2 N–H and O–H groups in total. The zero-order chi connectivity index (χ0) is 19.6. The predicted octanol–water partition coefficient (Wildman–Crippen LogP) is 3.52. The summed E-state index contributed by atoms with van der Waals surface area (Å²) in [7, 11) is -4.19. The second-order valence-electron chi connectivity index (χ2n) is 6.33. The van der Waals surface area contributed by atoms with E-state index in [2.05, 4.69) is 56.2 Å². The molecule has 0 saturated carbocycles. The van der Waals surface area contributed by atoms with Gasteiger partial charge >= 0.3 is 0 Å². The van der Waals surface area contributed by atoms with Crippen LogP contribution < -0.4 is 10.2 Å². The smallest absolute Gasteiger partial charge is 0.294 e. The molecule has 0 amide bonds. The molecule has 3 rings (SSSR count). The van der Waals surface area contributed by atoms with Gasteiger partial charge < -0.3 is 15.1 Å². The molecule has 1 aliphatic rings. The lowest BCUT2D eigenvalue weighted by atomic mass is 10.1. The van der Waals surface area contributed by atoms with Crippen LogP contribution in [-0.4, -0.2) is 49.2 Å². The Balaban J connectivity index is 1.58. The number of hydrogen-bond donors (Lipinski definition) is 2. The summed E-state index contributed by atoms with van der Waals surface area (Å²) in [4.78, 5) is 4.30. The van der Waals surface area contributed by atoms with Crippen LogP contribution in [0.2, 0.25) is 0 Å². The molecule has 0 radical (unpaired) electrons. The van der Waals surface area contributed by atoms with Gasteiger partial charge in [0.1, 0.15) is 0 Å². The zero-order valence-corrected chi connectivity index (χ0v) is 17.9. The van der Waals surface area contributed by atoms with Gasteiger partial charge in [-0.05, 0) is 67.2 Å². The van der Waals surface area contributed by atoms with E-state index in [1.54, 1.807) is 12.1 Å². The lowest BCUT2D eigenvalue weighted by Crippen LogP contribution is -2.50. The number of piperazine rings is 1. The fourth-order valence-electron chi connectivity index (χ4n) is 3.04. The monoisotopic (exact) mass is 469 g/mol. The maximum atomic E-state index is 11.1. The van der Waals surface area contributed by atoms with Crippen LogP contribution in [0.15, 0.2) is 51.8 Å². The van der Waals surface area contributed by atoms with E-state index < -0.39 is 10.1 Å². The maximum Gasteiger partial charge on any atom is 0.294 e. The van der Waals surface area contributed by atoms with Crippen LogP contribution in [0.4, 0.5) is 11.4 Å². The van der Waals surface area contributed by atoms with Crippen molar-refractivity contribution in [2.24, 2.45) is 0 Å². The van der Waals surface area contributed by atoms with Crippen LogP contribution in [0, 0.1) is 6.92 Å². The fraction of sp³-hybridized carbons (Fsp3) is 0.278. The van der Waals surface area contributed by atoms with Gasteiger partial charge in [-0.3, -0.25) is 4.55 Å². The molecule has 2 aromatic carbocycles. The number of aryl methyl sites for hydroxylation is 1. The number of halogens is 1. The van der Waals surface area contributed by atoms with Crippen molar-refractivity contribution in [2.75, 3.05) is 36.4 Å². The summed E-state index contributed by atoms with van der Waals surface area (Å²) >= 11 is 8.98. The highest BCUT2D eigenvalue weighted by atomic mass is 79.9. The summed E-state index contributed by atoms with van der Waals surface area (Å²) < 4.78 is 32.3.